The summed E-state index contributed by atoms with van der Waals surface area (Å²) in [6, 6.07) is 1.95. The highest BCUT2D eigenvalue weighted by atomic mass is 127. The van der Waals surface area contributed by atoms with E-state index in [1.165, 1.54) is 32.7 Å². The normalized spacial score (nSPS) is 16.5. The van der Waals surface area contributed by atoms with Gasteiger partial charge in [-0.3, -0.25) is 14.6 Å². The van der Waals surface area contributed by atoms with Gasteiger partial charge in [-0.05, 0) is 26.0 Å². The van der Waals surface area contributed by atoms with Crippen LogP contribution >= 0.6 is 24.0 Å². The largest absolute Gasteiger partial charge is 0.357 e. The molecule has 0 amide bonds. The van der Waals surface area contributed by atoms with Crippen molar-refractivity contribution in [2.75, 3.05) is 58.9 Å². The van der Waals surface area contributed by atoms with Crippen LogP contribution in [0.25, 0.3) is 0 Å². The Bertz CT molecular complexity index is 456. The molecule has 1 fully saturated rings. The van der Waals surface area contributed by atoms with Gasteiger partial charge >= 0.3 is 0 Å². The molecule has 1 aromatic heterocycles. The van der Waals surface area contributed by atoms with Crippen molar-refractivity contribution in [1.29, 1.82) is 0 Å². The quantitative estimate of drug-likeness (QED) is 0.249. The molecule has 0 spiro atoms. The molecular weight excluding hydrogens is 429 g/mol. The molecular formula is C17H34IN7. The first-order valence-corrected chi connectivity index (χ1v) is 9.26. The van der Waals surface area contributed by atoms with Crippen molar-refractivity contribution in [3.8, 4) is 0 Å². The molecule has 1 aromatic rings. The average molecular weight is 463 g/mol. The van der Waals surface area contributed by atoms with Gasteiger partial charge < -0.3 is 15.5 Å². The summed E-state index contributed by atoms with van der Waals surface area (Å²) in [4.78, 5) is 9.68. The van der Waals surface area contributed by atoms with E-state index in [4.69, 9.17) is 0 Å². The summed E-state index contributed by atoms with van der Waals surface area (Å²) in [6.07, 6.45) is 4.80. The second-order valence-electron chi connectivity index (χ2n) is 6.09. The number of aromatic nitrogens is 2. The Morgan fingerprint density at radius 1 is 1.08 bits per heavy atom. The Morgan fingerprint density at radius 3 is 2.48 bits per heavy atom. The molecule has 2 heterocycles. The number of hydrogen-bond acceptors (Lipinski definition) is 4. The van der Waals surface area contributed by atoms with Gasteiger partial charge in [-0.2, -0.15) is 5.10 Å². The van der Waals surface area contributed by atoms with Crippen molar-refractivity contribution in [2.24, 2.45) is 4.99 Å². The number of hydrogen-bond donors (Lipinski definition) is 2. The summed E-state index contributed by atoms with van der Waals surface area (Å²) in [5.41, 5.74) is 0. The topological polar surface area (TPSA) is 60.7 Å². The van der Waals surface area contributed by atoms with Gasteiger partial charge in [0.05, 0.1) is 0 Å². The number of nitrogens with zero attached hydrogens (tertiary/aromatic N) is 5. The lowest BCUT2D eigenvalue weighted by Crippen LogP contribution is -2.49. The van der Waals surface area contributed by atoms with Crippen molar-refractivity contribution in [1.82, 2.24) is 30.2 Å². The first kappa shape index (κ1) is 22.2. The van der Waals surface area contributed by atoms with Crippen LogP contribution in [-0.2, 0) is 6.54 Å². The first-order valence-electron chi connectivity index (χ1n) is 9.26. The van der Waals surface area contributed by atoms with Gasteiger partial charge in [0.1, 0.15) is 0 Å². The standard InChI is InChI=1S/C17H33N7.HI/c1-3-18-17(19-7-5-10-24-11-6-8-21-24)20-9-12-23-15-13-22(4-2)14-16-23;/h6,8,11H,3-5,7,9-10,12-16H2,1-2H3,(H2,18,19,20);1H. The number of aryl methyl sites for hydroxylation is 1. The molecule has 0 aliphatic carbocycles. The molecule has 25 heavy (non-hydrogen) atoms. The summed E-state index contributed by atoms with van der Waals surface area (Å²) >= 11 is 0. The SMILES string of the molecule is CCNC(=NCCCn1cccn1)NCCN1CCN(CC)CC1.I. The van der Waals surface area contributed by atoms with E-state index in [1.54, 1.807) is 0 Å². The van der Waals surface area contributed by atoms with Crippen LogP contribution in [0.1, 0.15) is 20.3 Å². The van der Waals surface area contributed by atoms with E-state index in [0.29, 0.717) is 0 Å². The zero-order valence-corrected chi connectivity index (χ0v) is 18.0. The number of guanidine groups is 1. The van der Waals surface area contributed by atoms with Gasteiger partial charge in [-0.25, -0.2) is 0 Å². The van der Waals surface area contributed by atoms with E-state index in [1.807, 2.05) is 23.1 Å². The maximum atomic E-state index is 4.65. The Hall–Kier alpha value is -0.870. The van der Waals surface area contributed by atoms with Gasteiger partial charge in [-0.1, -0.05) is 6.92 Å². The van der Waals surface area contributed by atoms with Crippen LogP contribution in [0, 0.1) is 0 Å². The lowest BCUT2D eigenvalue weighted by molar-refractivity contribution is 0.139. The number of rotatable bonds is 9. The fourth-order valence-electron chi connectivity index (χ4n) is 2.86. The Balaban J connectivity index is 0.00000312. The smallest absolute Gasteiger partial charge is 0.191 e. The number of aliphatic imine (C=N–C) groups is 1. The minimum atomic E-state index is 0. The molecule has 1 saturated heterocycles. The van der Waals surface area contributed by atoms with Crippen LogP contribution in [0.3, 0.4) is 0 Å². The van der Waals surface area contributed by atoms with E-state index >= 15 is 0 Å². The van der Waals surface area contributed by atoms with E-state index in [9.17, 15) is 0 Å². The fourth-order valence-corrected chi connectivity index (χ4v) is 2.86. The lowest BCUT2D eigenvalue weighted by Gasteiger charge is -2.34. The Kier molecular flexibility index (Phi) is 11.8. The summed E-state index contributed by atoms with van der Waals surface area (Å²) in [5, 5.41) is 11.0. The second kappa shape index (κ2) is 13.3. The molecule has 0 atom stereocenters. The zero-order chi connectivity index (χ0) is 17.0. The predicted octanol–water partition coefficient (Wildman–Crippen LogP) is 1.08. The van der Waals surface area contributed by atoms with Crippen LogP contribution in [0.5, 0.6) is 0 Å². The maximum Gasteiger partial charge on any atom is 0.191 e. The van der Waals surface area contributed by atoms with Crippen molar-refractivity contribution in [3.63, 3.8) is 0 Å². The molecule has 0 saturated carbocycles. The monoisotopic (exact) mass is 463 g/mol. The minimum Gasteiger partial charge on any atom is -0.357 e. The molecule has 0 radical (unpaired) electrons. The van der Waals surface area contributed by atoms with Crippen LogP contribution in [0.15, 0.2) is 23.5 Å². The highest BCUT2D eigenvalue weighted by Gasteiger charge is 2.14. The second-order valence-corrected chi connectivity index (χ2v) is 6.09. The van der Waals surface area contributed by atoms with Crippen LogP contribution in [-0.4, -0.2) is 84.4 Å². The van der Waals surface area contributed by atoms with Gasteiger partial charge in [0.25, 0.3) is 0 Å². The molecule has 0 bridgehead atoms. The zero-order valence-electron chi connectivity index (χ0n) is 15.7. The maximum absolute atomic E-state index is 4.65. The van der Waals surface area contributed by atoms with Gasteiger partial charge in [0.15, 0.2) is 5.96 Å². The Morgan fingerprint density at radius 2 is 1.84 bits per heavy atom. The van der Waals surface area contributed by atoms with Crippen LogP contribution < -0.4 is 10.6 Å². The molecule has 0 aromatic carbocycles. The Labute approximate surface area is 169 Å². The summed E-state index contributed by atoms with van der Waals surface area (Å²) in [5.74, 6) is 0.921. The summed E-state index contributed by atoms with van der Waals surface area (Å²) < 4.78 is 1.95. The van der Waals surface area contributed by atoms with Crippen molar-refractivity contribution in [2.45, 2.75) is 26.8 Å². The third kappa shape index (κ3) is 8.87. The van der Waals surface area contributed by atoms with Crippen LogP contribution in [0.2, 0.25) is 0 Å². The molecule has 1 aliphatic rings. The average Bonchev–Trinajstić information content (AvgIpc) is 3.12. The molecule has 2 N–H and O–H groups in total. The first-order chi connectivity index (χ1) is 11.8. The highest BCUT2D eigenvalue weighted by molar-refractivity contribution is 14.0. The third-order valence-corrected chi connectivity index (χ3v) is 4.35. The fraction of sp³-hybridized carbons (Fsp3) is 0.765. The molecule has 2 rings (SSSR count). The molecule has 144 valence electrons. The van der Waals surface area contributed by atoms with E-state index < -0.39 is 0 Å². The van der Waals surface area contributed by atoms with Gasteiger partial charge in [0, 0.05) is 71.3 Å². The van der Waals surface area contributed by atoms with E-state index in [0.717, 1.165) is 45.1 Å². The van der Waals surface area contributed by atoms with Gasteiger partial charge in [-0.15, -0.1) is 24.0 Å². The lowest BCUT2D eigenvalue weighted by atomic mass is 10.3. The van der Waals surface area contributed by atoms with E-state index in [-0.39, 0.29) is 24.0 Å². The summed E-state index contributed by atoms with van der Waals surface area (Å²) in [7, 11) is 0. The minimum absolute atomic E-state index is 0. The molecule has 8 heteroatoms. The molecule has 7 nitrogen and oxygen atoms in total. The molecule has 1 aliphatic heterocycles. The number of piperazine rings is 1. The van der Waals surface area contributed by atoms with E-state index in [2.05, 4.69) is 44.4 Å². The van der Waals surface area contributed by atoms with Crippen molar-refractivity contribution >= 4 is 29.9 Å². The number of nitrogens with one attached hydrogen (secondary N) is 2. The number of halogens is 1. The van der Waals surface area contributed by atoms with Crippen molar-refractivity contribution in [3.05, 3.63) is 18.5 Å². The van der Waals surface area contributed by atoms with Crippen LogP contribution in [0.4, 0.5) is 0 Å². The number of likely N-dealkylation sites (N-methyl/N-ethyl adjacent to an activating group) is 1. The summed E-state index contributed by atoms with van der Waals surface area (Å²) in [6.45, 7) is 14.9. The third-order valence-electron chi connectivity index (χ3n) is 4.35. The van der Waals surface area contributed by atoms with Crippen molar-refractivity contribution < 1.29 is 0 Å². The van der Waals surface area contributed by atoms with Gasteiger partial charge in [0.2, 0.25) is 0 Å². The predicted molar refractivity (Wildman–Crippen MR) is 115 cm³/mol. The highest BCUT2D eigenvalue weighted by Crippen LogP contribution is 1.99. The molecule has 0 unspecified atom stereocenters.